The Morgan fingerprint density at radius 2 is 1.76 bits per heavy atom. The van der Waals surface area contributed by atoms with Gasteiger partial charge in [0, 0.05) is 18.5 Å². The SMILES string of the molecule is CC(C)(C)C(=O)N1C[C@@H](O)[C@H](N2CCCC2)C1. The Morgan fingerprint density at radius 3 is 2.29 bits per heavy atom. The molecule has 0 aromatic carbocycles. The third-order valence-corrected chi connectivity index (χ3v) is 3.80. The van der Waals surface area contributed by atoms with Crippen LogP contribution >= 0.6 is 0 Å². The fourth-order valence-electron chi connectivity index (χ4n) is 2.84. The van der Waals surface area contributed by atoms with Crippen LogP contribution < -0.4 is 0 Å². The first-order valence-corrected chi connectivity index (χ1v) is 6.61. The molecule has 98 valence electrons. The van der Waals surface area contributed by atoms with Crippen molar-refractivity contribution in [2.24, 2.45) is 5.41 Å². The summed E-state index contributed by atoms with van der Waals surface area (Å²) in [5, 5.41) is 10.1. The highest BCUT2D eigenvalue weighted by Gasteiger charge is 2.40. The molecule has 2 saturated heterocycles. The van der Waals surface area contributed by atoms with E-state index in [1.807, 2.05) is 25.7 Å². The van der Waals surface area contributed by atoms with Crippen LogP contribution in [0.1, 0.15) is 33.6 Å². The van der Waals surface area contributed by atoms with Gasteiger partial charge < -0.3 is 10.0 Å². The van der Waals surface area contributed by atoms with Crippen molar-refractivity contribution >= 4 is 5.91 Å². The maximum atomic E-state index is 12.2. The Kier molecular flexibility index (Phi) is 3.46. The average molecular weight is 240 g/mol. The molecule has 2 heterocycles. The predicted molar refractivity (Wildman–Crippen MR) is 66.6 cm³/mol. The summed E-state index contributed by atoms with van der Waals surface area (Å²) >= 11 is 0. The zero-order valence-electron chi connectivity index (χ0n) is 11.1. The second kappa shape index (κ2) is 4.58. The summed E-state index contributed by atoms with van der Waals surface area (Å²) in [4.78, 5) is 16.3. The van der Waals surface area contributed by atoms with Crippen LogP contribution in [-0.2, 0) is 4.79 Å². The molecule has 0 saturated carbocycles. The Bertz CT molecular complexity index is 292. The lowest BCUT2D eigenvalue weighted by atomic mass is 9.95. The summed E-state index contributed by atoms with van der Waals surface area (Å²) < 4.78 is 0. The summed E-state index contributed by atoms with van der Waals surface area (Å²) in [5.74, 6) is 0.151. The van der Waals surface area contributed by atoms with E-state index in [1.165, 1.54) is 12.8 Å². The minimum Gasteiger partial charge on any atom is -0.390 e. The van der Waals surface area contributed by atoms with E-state index in [-0.39, 0.29) is 23.5 Å². The number of hydrogen-bond donors (Lipinski definition) is 1. The molecule has 0 bridgehead atoms. The fourth-order valence-corrected chi connectivity index (χ4v) is 2.84. The molecule has 17 heavy (non-hydrogen) atoms. The highest BCUT2D eigenvalue weighted by molar-refractivity contribution is 5.81. The minimum atomic E-state index is -0.376. The summed E-state index contributed by atoms with van der Waals surface area (Å²) in [7, 11) is 0. The van der Waals surface area contributed by atoms with Crippen LogP contribution in [0, 0.1) is 5.41 Å². The van der Waals surface area contributed by atoms with Gasteiger partial charge in [-0.05, 0) is 25.9 Å². The number of β-amino-alcohol motifs (C(OH)–C–C–N with tert-alkyl or cyclic N) is 1. The van der Waals surface area contributed by atoms with Crippen molar-refractivity contribution < 1.29 is 9.90 Å². The first-order chi connectivity index (χ1) is 7.89. The third kappa shape index (κ3) is 2.63. The summed E-state index contributed by atoms with van der Waals surface area (Å²) in [6, 6.07) is 0.156. The summed E-state index contributed by atoms with van der Waals surface area (Å²) in [6.07, 6.45) is 2.06. The molecule has 1 N–H and O–H groups in total. The topological polar surface area (TPSA) is 43.8 Å². The van der Waals surface area contributed by atoms with Crippen molar-refractivity contribution in [3.05, 3.63) is 0 Å². The quantitative estimate of drug-likeness (QED) is 0.734. The third-order valence-electron chi connectivity index (χ3n) is 3.80. The summed E-state index contributed by atoms with van der Waals surface area (Å²) in [5.41, 5.74) is -0.348. The van der Waals surface area contributed by atoms with Crippen molar-refractivity contribution in [2.45, 2.75) is 45.8 Å². The molecule has 0 aromatic rings. The van der Waals surface area contributed by atoms with Crippen LogP contribution in [0.25, 0.3) is 0 Å². The van der Waals surface area contributed by atoms with Crippen molar-refractivity contribution in [3.63, 3.8) is 0 Å². The molecule has 1 amide bonds. The van der Waals surface area contributed by atoms with E-state index in [4.69, 9.17) is 0 Å². The maximum Gasteiger partial charge on any atom is 0.228 e. The Labute approximate surface area is 104 Å². The van der Waals surface area contributed by atoms with Gasteiger partial charge in [0.2, 0.25) is 5.91 Å². The van der Waals surface area contributed by atoms with Crippen molar-refractivity contribution in [1.29, 1.82) is 0 Å². The lowest BCUT2D eigenvalue weighted by molar-refractivity contribution is -0.138. The normalized spacial score (nSPS) is 31.2. The first kappa shape index (κ1) is 12.8. The van der Waals surface area contributed by atoms with Gasteiger partial charge in [-0.15, -0.1) is 0 Å². The zero-order chi connectivity index (χ0) is 12.6. The lowest BCUT2D eigenvalue weighted by Gasteiger charge is -2.27. The zero-order valence-corrected chi connectivity index (χ0v) is 11.1. The van der Waals surface area contributed by atoms with Gasteiger partial charge in [-0.25, -0.2) is 0 Å². The van der Waals surface area contributed by atoms with Gasteiger partial charge in [0.25, 0.3) is 0 Å². The van der Waals surface area contributed by atoms with Gasteiger partial charge in [-0.3, -0.25) is 9.69 Å². The Balaban J connectivity index is 1.99. The number of hydrogen-bond acceptors (Lipinski definition) is 3. The molecule has 2 atom stereocenters. The highest BCUT2D eigenvalue weighted by Crippen LogP contribution is 2.25. The van der Waals surface area contributed by atoms with E-state index in [2.05, 4.69) is 4.90 Å². The van der Waals surface area contributed by atoms with Crippen molar-refractivity contribution in [3.8, 4) is 0 Å². The van der Waals surface area contributed by atoms with Gasteiger partial charge >= 0.3 is 0 Å². The van der Waals surface area contributed by atoms with E-state index in [0.717, 1.165) is 13.1 Å². The number of aliphatic hydroxyl groups is 1. The number of nitrogens with zero attached hydrogens (tertiary/aromatic N) is 2. The van der Waals surface area contributed by atoms with Crippen LogP contribution in [0.2, 0.25) is 0 Å². The molecule has 0 radical (unpaired) electrons. The van der Waals surface area contributed by atoms with E-state index in [0.29, 0.717) is 13.1 Å². The number of rotatable bonds is 1. The molecule has 0 aliphatic carbocycles. The van der Waals surface area contributed by atoms with Crippen LogP contribution in [0.5, 0.6) is 0 Å². The number of aliphatic hydroxyl groups excluding tert-OH is 1. The van der Waals surface area contributed by atoms with Gasteiger partial charge in [0.05, 0.1) is 12.1 Å². The Morgan fingerprint density at radius 1 is 1.18 bits per heavy atom. The number of amides is 1. The molecule has 0 spiro atoms. The molecule has 4 nitrogen and oxygen atoms in total. The average Bonchev–Trinajstić information content (AvgIpc) is 2.83. The van der Waals surface area contributed by atoms with Gasteiger partial charge in [-0.1, -0.05) is 20.8 Å². The number of carbonyl (C=O) groups excluding carboxylic acids is 1. The monoisotopic (exact) mass is 240 g/mol. The van der Waals surface area contributed by atoms with E-state index >= 15 is 0 Å². The minimum absolute atomic E-state index is 0.151. The standard InChI is InChI=1S/C13H24N2O2/c1-13(2,3)12(17)15-8-10(11(16)9-15)14-6-4-5-7-14/h10-11,16H,4-9H2,1-3H3/t10-,11-/m1/s1. The second-order valence-electron chi connectivity index (χ2n) is 6.34. The Hall–Kier alpha value is -0.610. The molecule has 2 aliphatic rings. The molecule has 0 unspecified atom stereocenters. The van der Waals surface area contributed by atoms with Crippen LogP contribution in [-0.4, -0.2) is 59.1 Å². The number of likely N-dealkylation sites (tertiary alicyclic amines) is 2. The van der Waals surface area contributed by atoms with Gasteiger partial charge in [0.1, 0.15) is 0 Å². The number of carbonyl (C=O) groups is 1. The second-order valence-corrected chi connectivity index (χ2v) is 6.34. The molecule has 4 heteroatoms. The smallest absolute Gasteiger partial charge is 0.228 e. The van der Waals surface area contributed by atoms with Crippen LogP contribution in [0.4, 0.5) is 0 Å². The van der Waals surface area contributed by atoms with Crippen molar-refractivity contribution in [2.75, 3.05) is 26.2 Å². The molecule has 2 aliphatic heterocycles. The predicted octanol–water partition coefficient (Wildman–Crippen LogP) is 0.700. The molecular formula is C13H24N2O2. The van der Waals surface area contributed by atoms with Gasteiger partial charge in [-0.2, -0.15) is 0 Å². The summed E-state index contributed by atoms with van der Waals surface area (Å²) in [6.45, 7) is 9.13. The van der Waals surface area contributed by atoms with Gasteiger partial charge in [0.15, 0.2) is 0 Å². The van der Waals surface area contributed by atoms with Crippen LogP contribution in [0.3, 0.4) is 0 Å². The highest BCUT2D eigenvalue weighted by atomic mass is 16.3. The fraction of sp³-hybridized carbons (Fsp3) is 0.923. The van der Waals surface area contributed by atoms with E-state index in [1.54, 1.807) is 0 Å². The maximum absolute atomic E-state index is 12.2. The lowest BCUT2D eigenvalue weighted by Crippen LogP contribution is -2.42. The molecular weight excluding hydrogens is 216 g/mol. The molecule has 2 rings (SSSR count). The molecule has 2 fully saturated rings. The van der Waals surface area contributed by atoms with Crippen molar-refractivity contribution in [1.82, 2.24) is 9.80 Å². The van der Waals surface area contributed by atoms with E-state index < -0.39 is 0 Å². The largest absolute Gasteiger partial charge is 0.390 e. The molecule has 0 aromatic heterocycles. The first-order valence-electron chi connectivity index (χ1n) is 6.61. The van der Waals surface area contributed by atoms with Crippen LogP contribution in [0.15, 0.2) is 0 Å². The van der Waals surface area contributed by atoms with E-state index in [9.17, 15) is 9.90 Å².